The summed E-state index contributed by atoms with van der Waals surface area (Å²) in [5, 5.41) is 4.07. The molecule has 1 aromatic carbocycles. The highest BCUT2D eigenvalue weighted by Gasteiger charge is 2.18. The van der Waals surface area contributed by atoms with Crippen LogP contribution in [-0.4, -0.2) is 35.4 Å². The third-order valence-corrected chi connectivity index (χ3v) is 5.29. The number of nitrogens with zero attached hydrogens (tertiary/aromatic N) is 2. The number of aromatic nitrogens is 1. The lowest BCUT2D eigenvalue weighted by atomic mass is 10.1. The molecule has 0 unspecified atom stereocenters. The highest BCUT2D eigenvalue weighted by atomic mass is 32.1. The number of benzene rings is 1. The van der Waals surface area contributed by atoms with Gasteiger partial charge in [-0.25, -0.2) is 4.98 Å². The monoisotopic (exact) mass is 329 g/mol. The molecule has 23 heavy (non-hydrogen) atoms. The average molecular weight is 329 g/mol. The fourth-order valence-electron chi connectivity index (χ4n) is 2.91. The lowest BCUT2D eigenvalue weighted by Crippen LogP contribution is -2.25. The molecule has 122 valence electrons. The molecule has 1 fully saturated rings. The van der Waals surface area contributed by atoms with Gasteiger partial charge in [0.05, 0.1) is 12.2 Å². The van der Waals surface area contributed by atoms with Crippen LogP contribution in [0.1, 0.15) is 38.8 Å². The molecule has 0 atom stereocenters. The van der Waals surface area contributed by atoms with E-state index in [0.29, 0.717) is 6.54 Å². The Bertz CT molecular complexity index is 648. The van der Waals surface area contributed by atoms with Gasteiger partial charge in [-0.1, -0.05) is 30.3 Å². The topological polar surface area (TPSA) is 45.2 Å². The summed E-state index contributed by atoms with van der Waals surface area (Å²) in [5.41, 5.74) is 2.09. The van der Waals surface area contributed by atoms with Crippen molar-refractivity contribution in [1.29, 1.82) is 0 Å². The van der Waals surface area contributed by atoms with Crippen LogP contribution in [0.2, 0.25) is 0 Å². The summed E-state index contributed by atoms with van der Waals surface area (Å²) >= 11 is 1.54. The average Bonchev–Trinajstić information content (AvgIpc) is 3.18. The zero-order chi connectivity index (χ0) is 16.1. The fourth-order valence-corrected chi connectivity index (χ4v) is 3.93. The van der Waals surface area contributed by atoms with Gasteiger partial charge in [0.15, 0.2) is 0 Å². The van der Waals surface area contributed by atoms with E-state index in [2.05, 4.69) is 27.3 Å². The maximum absolute atomic E-state index is 12.4. The summed E-state index contributed by atoms with van der Waals surface area (Å²) < 4.78 is 0. The van der Waals surface area contributed by atoms with E-state index < -0.39 is 0 Å². The maximum Gasteiger partial charge on any atom is 0.263 e. The summed E-state index contributed by atoms with van der Waals surface area (Å²) in [5.74, 6) is 0.00334. The largest absolute Gasteiger partial charge is 0.351 e. The summed E-state index contributed by atoms with van der Waals surface area (Å²) in [6.07, 6.45) is 3.40. The van der Waals surface area contributed by atoms with Gasteiger partial charge in [-0.3, -0.25) is 9.69 Å². The second kappa shape index (κ2) is 7.70. The van der Waals surface area contributed by atoms with Crippen molar-refractivity contribution in [2.24, 2.45) is 0 Å². The van der Waals surface area contributed by atoms with Crippen molar-refractivity contribution in [3.8, 4) is 0 Å². The van der Waals surface area contributed by atoms with Gasteiger partial charge in [0.2, 0.25) is 0 Å². The molecule has 1 aliphatic rings. The molecular formula is C18H23N3OS. The molecule has 0 saturated carbocycles. The molecule has 1 aliphatic heterocycles. The number of likely N-dealkylation sites (tertiary alicyclic amines) is 1. The number of carbonyl (C=O) groups is 1. The lowest BCUT2D eigenvalue weighted by Gasteiger charge is -2.11. The Balaban J connectivity index is 1.53. The second-order valence-corrected chi connectivity index (χ2v) is 7.08. The van der Waals surface area contributed by atoms with Crippen LogP contribution in [-0.2, 0) is 13.0 Å². The quantitative estimate of drug-likeness (QED) is 0.886. The van der Waals surface area contributed by atoms with E-state index in [9.17, 15) is 4.79 Å². The number of hydrogen-bond acceptors (Lipinski definition) is 4. The number of rotatable bonds is 6. The Morgan fingerprint density at radius 1 is 1.26 bits per heavy atom. The van der Waals surface area contributed by atoms with Crippen LogP contribution in [0.4, 0.5) is 0 Å². The number of aryl methyl sites for hydroxylation is 1. The summed E-state index contributed by atoms with van der Waals surface area (Å²) in [6.45, 7) is 5.76. The Morgan fingerprint density at radius 3 is 2.74 bits per heavy atom. The first-order chi connectivity index (χ1) is 11.2. The molecular weight excluding hydrogens is 306 g/mol. The van der Waals surface area contributed by atoms with E-state index in [1.807, 2.05) is 25.1 Å². The minimum atomic E-state index is 0.00334. The number of carbonyl (C=O) groups excluding carboxylic acids is 1. The van der Waals surface area contributed by atoms with Crippen molar-refractivity contribution in [2.75, 3.05) is 19.6 Å². The van der Waals surface area contributed by atoms with Gasteiger partial charge in [0.1, 0.15) is 9.88 Å². The molecule has 0 spiro atoms. The van der Waals surface area contributed by atoms with Crippen molar-refractivity contribution in [3.05, 3.63) is 51.5 Å². The van der Waals surface area contributed by atoms with Crippen molar-refractivity contribution < 1.29 is 4.79 Å². The standard InChI is InChI=1S/C18H23N3OS/c1-14-17(23-16(20-14)13-21-11-5-6-12-21)18(22)19-10-9-15-7-3-2-4-8-15/h2-4,7-8H,5-6,9-13H2,1H3,(H,19,22). The maximum atomic E-state index is 12.4. The number of hydrogen-bond donors (Lipinski definition) is 1. The van der Waals surface area contributed by atoms with Crippen molar-refractivity contribution in [2.45, 2.75) is 32.7 Å². The highest BCUT2D eigenvalue weighted by Crippen LogP contribution is 2.21. The van der Waals surface area contributed by atoms with Gasteiger partial charge in [0, 0.05) is 6.54 Å². The SMILES string of the molecule is Cc1nc(CN2CCCC2)sc1C(=O)NCCc1ccccc1. The molecule has 1 amide bonds. The van der Waals surface area contributed by atoms with Gasteiger partial charge < -0.3 is 5.32 Å². The van der Waals surface area contributed by atoms with Crippen molar-refractivity contribution >= 4 is 17.2 Å². The Morgan fingerprint density at radius 2 is 2.00 bits per heavy atom. The molecule has 3 rings (SSSR count). The predicted molar refractivity (Wildman–Crippen MR) is 93.8 cm³/mol. The first-order valence-electron chi connectivity index (χ1n) is 8.23. The molecule has 0 aliphatic carbocycles. The molecule has 2 aromatic rings. The molecule has 1 N–H and O–H groups in total. The molecule has 2 heterocycles. The zero-order valence-electron chi connectivity index (χ0n) is 13.5. The number of thiazole rings is 1. The third-order valence-electron chi connectivity index (χ3n) is 4.15. The minimum absolute atomic E-state index is 0.00334. The van der Waals surface area contributed by atoms with Crippen LogP contribution >= 0.6 is 11.3 Å². The Hall–Kier alpha value is -1.72. The van der Waals surface area contributed by atoms with Crippen molar-refractivity contribution in [1.82, 2.24) is 15.2 Å². The van der Waals surface area contributed by atoms with E-state index in [0.717, 1.165) is 41.6 Å². The van der Waals surface area contributed by atoms with E-state index in [-0.39, 0.29) is 5.91 Å². The first kappa shape index (κ1) is 16.1. The van der Waals surface area contributed by atoms with Gasteiger partial charge >= 0.3 is 0 Å². The lowest BCUT2D eigenvalue weighted by molar-refractivity contribution is 0.0957. The zero-order valence-corrected chi connectivity index (χ0v) is 14.4. The number of nitrogens with one attached hydrogen (secondary N) is 1. The smallest absolute Gasteiger partial charge is 0.263 e. The predicted octanol–water partition coefficient (Wildman–Crippen LogP) is 3.02. The van der Waals surface area contributed by atoms with Crippen LogP contribution < -0.4 is 5.32 Å². The molecule has 1 aromatic heterocycles. The van der Waals surface area contributed by atoms with E-state index in [4.69, 9.17) is 0 Å². The summed E-state index contributed by atoms with van der Waals surface area (Å²) in [6, 6.07) is 10.2. The van der Waals surface area contributed by atoms with Gasteiger partial charge in [-0.2, -0.15) is 0 Å². The van der Waals surface area contributed by atoms with E-state index >= 15 is 0 Å². The van der Waals surface area contributed by atoms with E-state index in [1.54, 1.807) is 0 Å². The molecule has 0 bridgehead atoms. The van der Waals surface area contributed by atoms with Crippen LogP contribution in [0, 0.1) is 6.92 Å². The van der Waals surface area contributed by atoms with Gasteiger partial charge in [0.25, 0.3) is 5.91 Å². The second-order valence-electron chi connectivity index (χ2n) is 6.00. The van der Waals surface area contributed by atoms with Crippen molar-refractivity contribution in [3.63, 3.8) is 0 Å². The summed E-state index contributed by atoms with van der Waals surface area (Å²) in [4.78, 5) is 20.1. The van der Waals surface area contributed by atoms with Crippen LogP contribution in [0.15, 0.2) is 30.3 Å². The number of amides is 1. The molecule has 4 nitrogen and oxygen atoms in total. The Labute approximate surface area is 141 Å². The van der Waals surface area contributed by atoms with Gasteiger partial charge in [-0.15, -0.1) is 11.3 Å². The van der Waals surface area contributed by atoms with Crippen LogP contribution in [0.5, 0.6) is 0 Å². The van der Waals surface area contributed by atoms with Crippen LogP contribution in [0.3, 0.4) is 0 Å². The normalized spacial score (nSPS) is 15.0. The highest BCUT2D eigenvalue weighted by molar-refractivity contribution is 7.13. The fraction of sp³-hybridized carbons (Fsp3) is 0.444. The molecule has 1 saturated heterocycles. The first-order valence-corrected chi connectivity index (χ1v) is 9.05. The van der Waals surface area contributed by atoms with Gasteiger partial charge in [-0.05, 0) is 44.8 Å². The molecule has 0 radical (unpaired) electrons. The Kier molecular flexibility index (Phi) is 5.41. The summed E-state index contributed by atoms with van der Waals surface area (Å²) in [7, 11) is 0. The third kappa shape index (κ3) is 4.39. The van der Waals surface area contributed by atoms with E-state index in [1.165, 1.54) is 29.7 Å². The molecule has 5 heteroatoms. The van der Waals surface area contributed by atoms with Crippen LogP contribution in [0.25, 0.3) is 0 Å². The minimum Gasteiger partial charge on any atom is -0.351 e.